The Hall–Kier alpha value is -2.76. The number of furan rings is 1. The van der Waals surface area contributed by atoms with Crippen molar-refractivity contribution in [1.29, 1.82) is 0 Å². The highest BCUT2D eigenvalue weighted by Crippen LogP contribution is 2.32. The maximum absolute atomic E-state index is 12.7. The van der Waals surface area contributed by atoms with Crippen LogP contribution in [-0.4, -0.2) is 37.1 Å². The van der Waals surface area contributed by atoms with Crippen LogP contribution in [0.4, 0.5) is 4.79 Å². The third-order valence-electron chi connectivity index (χ3n) is 4.67. The number of esters is 1. The number of rotatable bonds is 4. The molecule has 1 fully saturated rings. The molecule has 3 rings (SSSR count). The number of likely N-dealkylation sites (tertiary alicyclic amines) is 1. The maximum atomic E-state index is 12.7. The first-order valence-corrected chi connectivity index (χ1v) is 8.26. The van der Waals surface area contributed by atoms with Crippen molar-refractivity contribution >= 4 is 12.0 Å². The van der Waals surface area contributed by atoms with Crippen LogP contribution < -0.4 is 5.32 Å². The third kappa shape index (κ3) is 3.52. The highest BCUT2D eigenvalue weighted by Gasteiger charge is 2.43. The van der Waals surface area contributed by atoms with Crippen LogP contribution in [0.1, 0.15) is 30.7 Å². The predicted molar refractivity (Wildman–Crippen MR) is 91.8 cm³/mol. The molecule has 6 heteroatoms. The molecule has 1 aliphatic rings. The van der Waals surface area contributed by atoms with Gasteiger partial charge in [0.1, 0.15) is 11.8 Å². The van der Waals surface area contributed by atoms with Gasteiger partial charge >= 0.3 is 12.0 Å². The van der Waals surface area contributed by atoms with Crippen LogP contribution in [0.15, 0.2) is 53.1 Å². The number of nitrogens with zero attached hydrogens (tertiary/aromatic N) is 1. The van der Waals surface area contributed by atoms with Gasteiger partial charge < -0.3 is 19.4 Å². The van der Waals surface area contributed by atoms with Crippen molar-refractivity contribution < 1.29 is 18.7 Å². The monoisotopic (exact) mass is 342 g/mol. The summed E-state index contributed by atoms with van der Waals surface area (Å²) in [5.74, 6) is 0.378. The van der Waals surface area contributed by atoms with E-state index in [1.165, 1.54) is 7.11 Å². The minimum atomic E-state index is -0.654. The van der Waals surface area contributed by atoms with E-state index in [1.807, 2.05) is 43.3 Å². The van der Waals surface area contributed by atoms with E-state index in [4.69, 9.17) is 9.15 Å². The molecular formula is C19H22N2O4. The van der Waals surface area contributed by atoms with Crippen molar-refractivity contribution in [1.82, 2.24) is 10.2 Å². The van der Waals surface area contributed by atoms with Crippen LogP contribution in [0.2, 0.25) is 0 Å². The molecule has 0 bridgehead atoms. The van der Waals surface area contributed by atoms with E-state index in [0.29, 0.717) is 25.3 Å². The molecule has 0 unspecified atom stereocenters. The fourth-order valence-electron chi connectivity index (χ4n) is 3.18. The van der Waals surface area contributed by atoms with Crippen LogP contribution >= 0.6 is 0 Å². The number of benzene rings is 1. The minimum Gasteiger partial charge on any atom is -0.469 e. The van der Waals surface area contributed by atoms with Gasteiger partial charge in [0.05, 0.1) is 18.8 Å². The lowest BCUT2D eigenvalue weighted by atomic mass is 9.90. The molecule has 25 heavy (non-hydrogen) atoms. The van der Waals surface area contributed by atoms with Crippen molar-refractivity contribution in [2.24, 2.45) is 5.41 Å². The first kappa shape index (κ1) is 17.1. The maximum Gasteiger partial charge on any atom is 0.318 e. The number of methoxy groups -OCH3 is 1. The first-order valence-electron chi connectivity index (χ1n) is 8.26. The zero-order valence-corrected chi connectivity index (χ0v) is 14.4. The summed E-state index contributed by atoms with van der Waals surface area (Å²) in [6.45, 7) is 2.68. The number of carbonyl (C=O) groups excluding carboxylic acids is 2. The van der Waals surface area contributed by atoms with Gasteiger partial charge in [0.25, 0.3) is 0 Å². The summed E-state index contributed by atoms with van der Waals surface area (Å²) >= 11 is 0. The van der Waals surface area contributed by atoms with Crippen LogP contribution in [0.25, 0.3) is 0 Å². The molecule has 1 aromatic heterocycles. The zero-order valence-electron chi connectivity index (χ0n) is 14.4. The van der Waals surface area contributed by atoms with Crippen molar-refractivity contribution in [3.05, 3.63) is 60.1 Å². The van der Waals surface area contributed by atoms with Gasteiger partial charge in [0, 0.05) is 13.1 Å². The van der Waals surface area contributed by atoms with Crippen molar-refractivity contribution in [2.75, 3.05) is 20.2 Å². The number of hydrogen-bond acceptors (Lipinski definition) is 4. The lowest BCUT2D eigenvalue weighted by molar-refractivity contribution is -0.150. The Kier molecular flexibility index (Phi) is 4.79. The van der Waals surface area contributed by atoms with Gasteiger partial charge in [0.2, 0.25) is 0 Å². The molecule has 2 aromatic rings. The number of nitrogens with one attached hydrogen (secondary N) is 1. The van der Waals surface area contributed by atoms with E-state index >= 15 is 0 Å². The smallest absolute Gasteiger partial charge is 0.318 e. The van der Waals surface area contributed by atoms with Crippen LogP contribution in [0, 0.1) is 5.41 Å². The largest absolute Gasteiger partial charge is 0.469 e. The molecule has 1 saturated heterocycles. The SMILES string of the molecule is COC(=O)[C@@]1(C)CCN(C(=O)N[C@H](c2ccccc2)c2ccco2)C1. The molecule has 0 radical (unpaired) electrons. The van der Waals surface area contributed by atoms with Crippen molar-refractivity contribution in [3.63, 3.8) is 0 Å². The van der Waals surface area contributed by atoms with Gasteiger partial charge in [-0.05, 0) is 31.0 Å². The highest BCUT2D eigenvalue weighted by atomic mass is 16.5. The van der Waals surface area contributed by atoms with Crippen LogP contribution in [0.3, 0.4) is 0 Å². The van der Waals surface area contributed by atoms with E-state index in [1.54, 1.807) is 17.2 Å². The summed E-state index contributed by atoms with van der Waals surface area (Å²) in [5.41, 5.74) is 0.277. The summed E-state index contributed by atoms with van der Waals surface area (Å²) in [6, 6.07) is 12.7. The average Bonchev–Trinajstić information content (AvgIpc) is 3.30. The fourth-order valence-corrected chi connectivity index (χ4v) is 3.18. The Bertz CT molecular complexity index is 729. The molecule has 1 aliphatic heterocycles. The normalized spacial score (nSPS) is 21.0. The molecular weight excluding hydrogens is 320 g/mol. The number of ether oxygens (including phenoxy) is 1. The topological polar surface area (TPSA) is 71.8 Å². The average molecular weight is 342 g/mol. The Labute approximate surface area is 146 Å². The zero-order chi connectivity index (χ0) is 17.9. The van der Waals surface area contributed by atoms with Crippen LogP contribution in [0.5, 0.6) is 0 Å². The van der Waals surface area contributed by atoms with Gasteiger partial charge in [-0.1, -0.05) is 30.3 Å². The molecule has 2 amide bonds. The molecule has 0 saturated carbocycles. The second-order valence-electron chi connectivity index (χ2n) is 6.53. The van der Waals surface area contributed by atoms with E-state index in [0.717, 1.165) is 5.56 Å². The Morgan fingerprint density at radius 2 is 2.00 bits per heavy atom. The highest BCUT2D eigenvalue weighted by molar-refractivity contribution is 5.81. The van der Waals surface area contributed by atoms with Crippen molar-refractivity contribution in [3.8, 4) is 0 Å². The van der Waals surface area contributed by atoms with Gasteiger partial charge in [-0.15, -0.1) is 0 Å². The molecule has 132 valence electrons. The molecule has 0 aliphatic carbocycles. The molecule has 0 spiro atoms. The van der Waals surface area contributed by atoms with Gasteiger partial charge in [-0.25, -0.2) is 4.79 Å². The first-order chi connectivity index (χ1) is 12.0. The summed E-state index contributed by atoms with van der Waals surface area (Å²) in [7, 11) is 1.37. The van der Waals surface area contributed by atoms with Gasteiger partial charge in [-0.3, -0.25) is 4.79 Å². The summed E-state index contributed by atoms with van der Waals surface area (Å²) in [6.07, 6.45) is 2.17. The fraction of sp³-hybridized carbons (Fsp3) is 0.368. The minimum absolute atomic E-state index is 0.224. The molecule has 2 atom stereocenters. The van der Waals surface area contributed by atoms with Gasteiger partial charge in [0.15, 0.2) is 0 Å². The second-order valence-corrected chi connectivity index (χ2v) is 6.53. The quantitative estimate of drug-likeness (QED) is 0.867. The number of amides is 2. The van der Waals surface area contributed by atoms with E-state index in [9.17, 15) is 9.59 Å². The standard InChI is InChI=1S/C19H22N2O4/c1-19(17(22)24-2)10-11-21(13-19)18(23)20-16(15-9-6-12-25-15)14-7-4-3-5-8-14/h3-9,12,16H,10-11,13H2,1-2H3,(H,20,23)/t16-,19+/m1/s1. The van der Waals surface area contributed by atoms with E-state index in [2.05, 4.69) is 5.32 Å². The van der Waals surface area contributed by atoms with E-state index < -0.39 is 5.41 Å². The van der Waals surface area contributed by atoms with Crippen molar-refractivity contribution in [2.45, 2.75) is 19.4 Å². The number of carbonyl (C=O) groups is 2. The summed E-state index contributed by atoms with van der Waals surface area (Å²) in [4.78, 5) is 26.3. The number of urea groups is 1. The third-order valence-corrected chi connectivity index (χ3v) is 4.67. The second kappa shape index (κ2) is 7.01. The van der Waals surface area contributed by atoms with E-state index in [-0.39, 0.29) is 18.0 Å². The molecule has 2 heterocycles. The molecule has 1 aromatic carbocycles. The van der Waals surface area contributed by atoms with Crippen LogP contribution in [-0.2, 0) is 9.53 Å². The predicted octanol–water partition coefficient (Wildman–Crippen LogP) is 2.96. The molecule has 1 N–H and O–H groups in total. The lowest BCUT2D eigenvalue weighted by Gasteiger charge is -2.24. The number of hydrogen-bond donors (Lipinski definition) is 1. The Morgan fingerprint density at radius 1 is 1.24 bits per heavy atom. The summed E-state index contributed by atoms with van der Waals surface area (Å²) < 4.78 is 10.4. The summed E-state index contributed by atoms with van der Waals surface area (Å²) in [5, 5.41) is 3.01. The van der Waals surface area contributed by atoms with Gasteiger partial charge in [-0.2, -0.15) is 0 Å². The Balaban J connectivity index is 1.75. The lowest BCUT2D eigenvalue weighted by Crippen LogP contribution is -2.42. The molecule has 6 nitrogen and oxygen atoms in total. The Morgan fingerprint density at radius 3 is 2.64 bits per heavy atom.